The molecule has 1 atom stereocenters. The van der Waals surface area contributed by atoms with Crippen molar-refractivity contribution in [3.8, 4) is 22.3 Å². The molecule has 0 fully saturated rings. The van der Waals surface area contributed by atoms with Crippen LogP contribution in [0, 0.1) is 23.4 Å². The summed E-state index contributed by atoms with van der Waals surface area (Å²) in [6, 6.07) is 15.8. The Balaban J connectivity index is 1.53. The standard InChI is InChI=1S/C31H31F3/c1-3-5-6-7-25-16-19-28(31(34)30(25)33)24-14-12-22(13-15-24)26-17-18-27(29(32)20-26)23-10-8-21(4-2)9-11-23/h4,10,12-21H,2-3,5-9,11H2,1H3. The average molecular weight is 461 g/mol. The number of unbranched alkanes of at least 4 members (excludes halogenated alkanes) is 2. The highest BCUT2D eigenvalue weighted by Gasteiger charge is 2.17. The molecule has 0 aliphatic heterocycles. The molecule has 1 unspecified atom stereocenters. The lowest BCUT2D eigenvalue weighted by atomic mass is 9.86. The molecule has 34 heavy (non-hydrogen) atoms. The average Bonchev–Trinajstić information content (AvgIpc) is 2.87. The molecule has 0 bridgehead atoms. The maximum Gasteiger partial charge on any atom is 0.166 e. The van der Waals surface area contributed by atoms with Gasteiger partial charge in [0.2, 0.25) is 0 Å². The summed E-state index contributed by atoms with van der Waals surface area (Å²) in [7, 11) is 0. The van der Waals surface area contributed by atoms with Crippen LogP contribution in [-0.2, 0) is 6.42 Å². The zero-order chi connectivity index (χ0) is 24.1. The second kappa shape index (κ2) is 10.9. The first-order valence-corrected chi connectivity index (χ1v) is 12.2. The fraction of sp³-hybridized carbons (Fsp3) is 0.290. The molecule has 0 heterocycles. The van der Waals surface area contributed by atoms with Gasteiger partial charge in [-0.1, -0.05) is 80.4 Å². The van der Waals surface area contributed by atoms with E-state index in [-0.39, 0.29) is 11.4 Å². The number of halogens is 3. The molecule has 0 spiro atoms. The first-order valence-electron chi connectivity index (χ1n) is 12.2. The van der Waals surface area contributed by atoms with E-state index >= 15 is 0 Å². The van der Waals surface area contributed by atoms with Crippen molar-refractivity contribution in [2.75, 3.05) is 0 Å². The Morgan fingerprint density at radius 2 is 1.56 bits per heavy atom. The summed E-state index contributed by atoms with van der Waals surface area (Å²) in [5.41, 5.74) is 4.55. The van der Waals surface area contributed by atoms with Gasteiger partial charge in [-0.05, 0) is 71.9 Å². The van der Waals surface area contributed by atoms with Gasteiger partial charge in [0, 0.05) is 11.1 Å². The van der Waals surface area contributed by atoms with Crippen LogP contribution in [0.25, 0.3) is 27.8 Å². The van der Waals surface area contributed by atoms with Crippen LogP contribution in [0.3, 0.4) is 0 Å². The van der Waals surface area contributed by atoms with Gasteiger partial charge in [-0.25, -0.2) is 13.2 Å². The van der Waals surface area contributed by atoms with Crippen LogP contribution in [0.5, 0.6) is 0 Å². The minimum atomic E-state index is -0.809. The predicted octanol–water partition coefficient (Wildman–Crippen LogP) is 9.54. The Morgan fingerprint density at radius 1 is 0.853 bits per heavy atom. The third kappa shape index (κ3) is 5.19. The van der Waals surface area contributed by atoms with E-state index in [4.69, 9.17) is 0 Å². The molecule has 1 aliphatic carbocycles. The van der Waals surface area contributed by atoms with Crippen molar-refractivity contribution in [3.63, 3.8) is 0 Å². The highest BCUT2D eigenvalue weighted by molar-refractivity contribution is 5.74. The number of hydrogen-bond acceptors (Lipinski definition) is 0. The zero-order valence-corrected chi connectivity index (χ0v) is 19.7. The Hall–Kier alpha value is -3.07. The van der Waals surface area contributed by atoms with Gasteiger partial charge >= 0.3 is 0 Å². The van der Waals surface area contributed by atoms with E-state index in [2.05, 4.69) is 19.6 Å². The Kier molecular flexibility index (Phi) is 7.72. The topological polar surface area (TPSA) is 0 Å². The van der Waals surface area contributed by atoms with Gasteiger partial charge in [-0.2, -0.15) is 0 Å². The highest BCUT2D eigenvalue weighted by atomic mass is 19.2. The van der Waals surface area contributed by atoms with Gasteiger partial charge in [0.1, 0.15) is 5.82 Å². The van der Waals surface area contributed by atoms with Crippen molar-refractivity contribution in [1.29, 1.82) is 0 Å². The first-order chi connectivity index (χ1) is 16.5. The third-order valence-electron chi connectivity index (χ3n) is 6.84. The molecule has 4 rings (SSSR count). The molecule has 0 saturated carbocycles. The summed E-state index contributed by atoms with van der Waals surface area (Å²) in [4.78, 5) is 0. The normalized spacial score (nSPS) is 15.8. The van der Waals surface area contributed by atoms with E-state index < -0.39 is 11.6 Å². The molecule has 3 aromatic carbocycles. The largest absolute Gasteiger partial charge is 0.206 e. The summed E-state index contributed by atoms with van der Waals surface area (Å²) in [6.07, 6.45) is 10.3. The van der Waals surface area contributed by atoms with E-state index in [0.29, 0.717) is 29.0 Å². The molecule has 0 amide bonds. The highest BCUT2D eigenvalue weighted by Crippen LogP contribution is 2.34. The zero-order valence-electron chi connectivity index (χ0n) is 19.7. The number of aryl methyl sites for hydroxylation is 1. The second-order valence-electron chi connectivity index (χ2n) is 9.13. The van der Waals surface area contributed by atoms with E-state index in [0.717, 1.165) is 55.2 Å². The smallest absolute Gasteiger partial charge is 0.166 e. The second-order valence-corrected chi connectivity index (χ2v) is 9.13. The number of benzene rings is 3. The first kappa shape index (κ1) is 24.1. The predicted molar refractivity (Wildman–Crippen MR) is 136 cm³/mol. The van der Waals surface area contributed by atoms with Crippen LogP contribution in [0.15, 0.2) is 73.3 Å². The SMILES string of the molecule is C=CC1CC=C(c2ccc(-c3ccc(-c4ccc(CCCCC)c(F)c4F)cc3)cc2F)CC1. The Labute approximate surface area is 200 Å². The molecular formula is C31H31F3. The van der Waals surface area contributed by atoms with Crippen molar-refractivity contribution in [3.05, 3.63) is 102 Å². The van der Waals surface area contributed by atoms with E-state index in [1.165, 1.54) is 0 Å². The van der Waals surface area contributed by atoms with Crippen LogP contribution in [-0.4, -0.2) is 0 Å². The van der Waals surface area contributed by atoms with Crippen molar-refractivity contribution in [2.45, 2.75) is 51.9 Å². The van der Waals surface area contributed by atoms with Gasteiger partial charge in [0.05, 0.1) is 0 Å². The van der Waals surface area contributed by atoms with E-state index in [1.807, 2.05) is 30.3 Å². The molecule has 0 nitrogen and oxygen atoms in total. The van der Waals surface area contributed by atoms with Crippen LogP contribution in [0.1, 0.15) is 56.6 Å². The van der Waals surface area contributed by atoms with Gasteiger partial charge in [0.25, 0.3) is 0 Å². The summed E-state index contributed by atoms with van der Waals surface area (Å²) in [5.74, 6) is -1.33. The van der Waals surface area contributed by atoms with Crippen LogP contribution < -0.4 is 0 Å². The lowest BCUT2D eigenvalue weighted by Crippen LogP contribution is -2.03. The van der Waals surface area contributed by atoms with Crippen molar-refractivity contribution < 1.29 is 13.2 Å². The molecule has 3 heteroatoms. The van der Waals surface area contributed by atoms with Gasteiger partial charge in [-0.3, -0.25) is 0 Å². The van der Waals surface area contributed by atoms with Crippen LogP contribution in [0.4, 0.5) is 13.2 Å². The summed E-state index contributed by atoms with van der Waals surface area (Å²) >= 11 is 0. The maximum absolute atomic E-state index is 14.9. The maximum atomic E-state index is 14.9. The van der Waals surface area contributed by atoms with Crippen molar-refractivity contribution in [1.82, 2.24) is 0 Å². The monoisotopic (exact) mass is 460 g/mol. The lowest BCUT2D eigenvalue weighted by Gasteiger charge is -2.19. The fourth-order valence-electron chi connectivity index (χ4n) is 4.68. The molecule has 3 aromatic rings. The molecule has 0 N–H and O–H groups in total. The Morgan fingerprint density at radius 3 is 2.21 bits per heavy atom. The molecule has 1 aliphatic rings. The minimum Gasteiger partial charge on any atom is -0.206 e. The van der Waals surface area contributed by atoms with Crippen LogP contribution in [0.2, 0.25) is 0 Å². The number of hydrogen-bond donors (Lipinski definition) is 0. The molecule has 0 saturated heterocycles. The number of allylic oxidation sites excluding steroid dienone is 3. The molecule has 0 radical (unpaired) electrons. The Bertz CT molecular complexity index is 1190. The lowest BCUT2D eigenvalue weighted by molar-refractivity contribution is 0.498. The van der Waals surface area contributed by atoms with Crippen molar-refractivity contribution in [2.24, 2.45) is 5.92 Å². The molecule has 176 valence electrons. The van der Waals surface area contributed by atoms with Crippen LogP contribution >= 0.6 is 0 Å². The quantitative estimate of drug-likeness (QED) is 0.232. The van der Waals surface area contributed by atoms with E-state index in [1.54, 1.807) is 30.3 Å². The van der Waals surface area contributed by atoms with Gasteiger partial charge in [0.15, 0.2) is 11.6 Å². The fourth-order valence-corrected chi connectivity index (χ4v) is 4.68. The van der Waals surface area contributed by atoms with Crippen molar-refractivity contribution >= 4 is 5.57 Å². The van der Waals surface area contributed by atoms with Gasteiger partial charge in [-0.15, -0.1) is 6.58 Å². The molecular weight excluding hydrogens is 429 g/mol. The summed E-state index contributed by atoms with van der Waals surface area (Å²) < 4.78 is 44.3. The third-order valence-corrected chi connectivity index (χ3v) is 6.84. The summed E-state index contributed by atoms with van der Waals surface area (Å²) in [5, 5.41) is 0. The summed E-state index contributed by atoms with van der Waals surface area (Å²) in [6.45, 7) is 5.94. The number of rotatable bonds is 8. The van der Waals surface area contributed by atoms with E-state index in [9.17, 15) is 13.2 Å². The van der Waals surface area contributed by atoms with Gasteiger partial charge < -0.3 is 0 Å². The minimum absolute atomic E-state index is 0.239. The molecule has 0 aromatic heterocycles.